The molecule has 0 bridgehead atoms. The number of pyridine rings is 1. The number of aromatic amines is 1. The van der Waals surface area contributed by atoms with E-state index >= 15 is 0 Å². The number of piperazine rings is 1. The van der Waals surface area contributed by atoms with Gasteiger partial charge in [-0.1, -0.05) is 66.7 Å². The minimum Gasteiger partial charge on any atom is -0.340 e. The maximum absolute atomic E-state index is 13.6. The van der Waals surface area contributed by atoms with Crippen LogP contribution in [0.25, 0.3) is 27.5 Å². The molecular weight excluding hydrogens is 450 g/mol. The zero-order valence-corrected chi connectivity index (χ0v) is 19.9. The molecule has 5 aromatic rings. The Labute approximate surface area is 208 Å². The predicted octanol–water partition coefficient (Wildman–Crippen LogP) is 3.75. The van der Waals surface area contributed by atoms with Crippen LogP contribution < -0.4 is 5.56 Å². The van der Waals surface area contributed by atoms with Crippen LogP contribution in [0.3, 0.4) is 0 Å². The summed E-state index contributed by atoms with van der Waals surface area (Å²) in [5.41, 5.74) is 3.70. The van der Waals surface area contributed by atoms with Crippen LogP contribution in [0.5, 0.6) is 0 Å². The van der Waals surface area contributed by atoms with Gasteiger partial charge in [0.1, 0.15) is 0 Å². The molecule has 1 amide bonds. The van der Waals surface area contributed by atoms with Crippen LogP contribution in [0, 0.1) is 0 Å². The van der Waals surface area contributed by atoms with Crippen LogP contribution in [0.4, 0.5) is 0 Å². The summed E-state index contributed by atoms with van der Waals surface area (Å²) in [6.07, 6.45) is 0.178. The van der Waals surface area contributed by atoms with E-state index in [0.29, 0.717) is 18.6 Å². The first kappa shape index (κ1) is 22.2. The molecule has 1 aliphatic heterocycles. The maximum Gasteiger partial charge on any atom is 0.276 e. The summed E-state index contributed by atoms with van der Waals surface area (Å²) in [5.74, 6) is 0.0534. The van der Waals surface area contributed by atoms with Crippen molar-refractivity contribution in [1.29, 1.82) is 0 Å². The van der Waals surface area contributed by atoms with E-state index < -0.39 is 0 Å². The summed E-state index contributed by atoms with van der Waals surface area (Å²) >= 11 is 0. The van der Waals surface area contributed by atoms with Gasteiger partial charge in [0.2, 0.25) is 5.91 Å². The van der Waals surface area contributed by atoms with E-state index in [2.05, 4.69) is 39.2 Å². The first-order valence-corrected chi connectivity index (χ1v) is 12.3. The van der Waals surface area contributed by atoms with Gasteiger partial charge in [-0.3, -0.25) is 14.5 Å². The smallest absolute Gasteiger partial charge is 0.276 e. The lowest BCUT2D eigenvalue weighted by atomic mass is 10.1. The Kier molecular flexibility index (Phi) is 5.83. The second-order valence-electron chi connectivity index (χ2n) is 9.24. The van der Waals surface area contributed by atoms with Crippen LogP contribution >= 0.6 is 0 Å². The highest BCUT2D eigenvalue weighted by Gasteiger charge is 2.25. The second kappa shape index (κ2) is 9.43. The van der Waals surface area contributed by atoms with Gasteiger partial charge in [-0.05, 0) is 23.8 Å². The van der Waals surface area contributed by atoms with Gasteiger partial charge in [-0.15, -0.1) is 0 Å². The number of hydrogen-bond donors (Lipinski definition) is 1. The predicted molar refractivity (Wildman–Crippen MR) is 141 cm³/mol. The number of rotatable bonds is 5. The van der Waals surface area contributed by atoms with Crippen LogP contribution in [-0.4, -0.2) is 56.7 Å². The third-order valence-electron chi connectivity index (χ3n) is 6.93. The zero-order valence-electron chi connectivity index (χ0n) is 19.9. The van der Waals surface area contributed by atoms with Crippen molar-refractivity contribution in [3.05, 3.63) is 107 Å². The normalized spacial score (nSPS) is 14.5. The molecule has 0 aliphatic carbocycles. The number of para-hydroxylation sites is 2. The molecule has 1 aliphatic rings. The van der Waals surface area contributed by atoms with Crippen molar-refractivity contribution in [3.63, 3.8) is 0 Å². The SMILES string of the molecule is O=C(Cc1c2c(nn1-c1ccccc1)c(=O)[nH]c1ccccc12)N1CCN(Cc2ccccc2)CC1. The lowest BCUT2D eigenvalue weighted by molar-refractivity contribution is -0.132. The lowest BCUT2D eigenvalue weighted by Gasteiger charge is -2.35. The fourth-order valence-corrected chi connectivity index (χ4v) is 5.08. The minimum atomic E-state index is -0.249. The average Bonchev–Trinajstić information content (AvgIpc) is 3.30. The number of nitrogens with zero attached hydrogens (tertiary/aromatic N) is 4. The molecule has 7 nitrogen and oxygen atoms in total. The molecule has 3 aromatic carbocycles. The van der Waals surface area contributed by atoms with Crippen molar-refractivity contribution in [3.8, 4) is 5.69 Å². The van der Waals surface area contributed by atoms with Crippen LogP contribution in [-0.2, 0) is 17.8 Å². The highest BCUT2D eigenvalue weighted by molar-refractivity contribution is 6.06. The molecule has 0 atom stereocenters. The summed E-state index contributed by atoms with van der Waals surface area (Å²) in [5, 5.41) is 6.32. The second-order valence-corrected chi connectivity index (χ2v) is 9.24. The number of H-pyrrole nitrogens is 1. The Morgan fingerprint density at radius 2 is 1.50 bits per heavy atom. The average molecular weight is 478 g/mol. The molecule has 1 saturated heterocycles. The number of hydrogen-bond acceptors (Lipinski definition) is 4. The molecule has 1 fully saturated rings. The molecule has 0 spiro atoms. The van der Waals surface area contributed by atoms with E-state index in [9.17, 15) is 9.59 Å². The molecule has 36 heavy (non-hydrogen) atoms. The van der Waals surface area contributed by atoms with Crippen molar-refractivity contribution in [2.24, 2.45) is 0 Å². The highest BCUT2D eigenvalue weighted by Crippen LogP contribution is 2.27. The van der Waals surface area contributed by atoms with E-state index in [1.165, 1.54) is 5.56 Å². The van der Waals surface area contributed by atoms with Crippen LogP contribution in [0.2, 0.25) is 0 Å². The van der Waals surface area contributed by atoms with Crippen LogP contribution in [0.15, 0.2) is 89.7 Å². The Balaban J connectivity index is 1.32. The lowest BCUT2D eigenvalue weighted by Crippen LogP contribution is -2.48. The quantitative estimate of drug-likeness (QED) is 0.418. The molecule has 2 aromatic heterocycles. The number of amides is 1. The molecule has 0 saturated carbocycles. The van der Waals surface area contributed by atoms with E-state index in [1.807, 2.05) is 65.6 Å². The molecular formula is C29H27N5O2. The maximum atomic E-state index is 13.6. The van der Waals surface area contributed by atoms with Crippen molar-refractivity contribution >= 4 is 27.7 Å². The molecule has 3 heterocycles. The van der Waals surface area contributed by atoms with Gasteiger partial charge < -0.3 is 9.88 Å². The van der Waals surface area contributed by atoms with Crippen LogP contribution in [0.1, 0.15) is 11.3 Å². The van der Waals surface area contributed by atoms with Crippen molar-refractivity contribution in [1.82, 2.24) is 24.6 Å². The van der Waals surface area contributed by atoms with Gasteiger partial charge >= 0.3 is 0 Å². The summed E-state index contributed by atoms with van der Waals surface area (Å²) < 4.78 is 1.76. The number of aromatic nitrogens is 3. The summed E-state index contributed by atoms with van der Waals surface area (Å²) in [7, 11) is 0. The van der Waals surface area contributed by atoms with E-state index in [4.69, 9.17) is 0 Å². The molecule has 1 N–H and O–H groups in total. The zero-order chi connectivity index (χ0) is 24.5. The first-order valence-electron chi connectivity index (χ1n) is 12.3. The third kappa shape index (κ3) is 4.18. The number of benzene rings is 3. The molecule has 6 rings (SSSR count). The van der Waals surface area contributed by atoms with Crippen molar-refractivity contribution in [2.45, 2.75) is 13.0 Å². The fourth-order valence-electron chi connectivity index (χ4n) is 5.08. The molecule has 180 valence electrons. The van der Waals surface area contributed by atoms with Crippen molar-refractivity contribution < 1.29 is 4.79 Å². The van der Waals surface area contributed by atoms with Gasteiger partial charge in [0.25, 0.3) is 5.56 Å². The molecule has 7 heteroatoms. The summed E-state index contributed by atoms with van der Waals surface area (Å²) in [4.78, 5) is 33.7. The number of nitrogens with one attached hydrogen (secondary N) is 1. The van der Waals surface area contributed by atoms with E-state index in [-0.39, 0.29) is 17.9 Å². The number of carbonyl (C=O) groups excluding carboxylic acids is 1. The largest absolute Gasteiger partial charge is 0.340 e. The Hall–Kier alpha value is -4.23. The highest BCUT2D eigenvalue weighted by atomic mass is 16.2. The summed E-state index contributed by atoms with van der Waals surface area (Å²) in [6, 6.07) is 27.8. The Morgan fingerprint density at radius 3 is 2.25 bits per heavy atom. The standard InChI is InChI=1S/C29H27N5O2/c35-26(33-17-15-32(16-18-33)20-21-9-3-1-4-10-21)19-25-27-23-13-7-8-14-24(23)30-29(36)28(27)31-34(25)22-11-5-2-6-12-22/h1-14H,15-20H2,(H,30,36). The van der Waals surface area contributed by atoms with E-state index in [1.54, 1.807) is 4.68 Å². The number of carbonyl (C=O) groups is 1. The monoisotopic (exact) mass is 477 g/mol. The van der Waals surface area contributed by atoms with Crippen molar-refractivity contribution in [2.75, 3.05) is 26.2 Å². The molecule has 0 radical (unpaired) electrons. The fraction of sp³-hybridized carbons (Fsp3) is 0.207. The Morgan fingerprint density at radius 1 is 0.833 bits per heavy atom. The van der Waals surface area contributed by atoms with E-state index in [0.717, 1.165) is 47.3 Å². The van der Waals surface area contributed by atoms with Gasteiger partial charge in [-0.2, -0.15) is 5.10 Å². The third-order valence-corrected chi connectivity index (χ3v) is 6.93. The summed E-state index contributed by atoms with van der Waals surface area (Å²) in [6.45, 7) is 3.93. The minimum absolute atomic E-state index is 0.0534. The topological polar surface area (TPSA) is 74.2 Å². The van der Waals surface area contributed by atoms with Gasteiger partial charge in [0.15, 0.2) is 5.52 Å². The number of fused-ring (bicyclic) bond motifs is 3. The molecule has 0 unspecified atom stereocenters. The Bertz CT molecular complexity index is 1580. The van der Waals surface area contributed by atoms with Gasteiger partial charge in [0, 0.05) is 49.0 Å². The first-order chi connectivity index (χ1) is 17.7. The van der Waals surface area contributed by atoms with Gasteiger partial charge in [-0.25, -0.2) is 4.68 Å². The van der Waals surface area contributed by atoms with Gasteiger partial charge in [0.05, 0.1) is 17.8 Å².